The van der Waals surface area contributed by atoms with Gasteiger partial charge in [0.2, 0.25) is 0 Å². The lowest BCUT2D eigenvalue weighted by molar-refractivity contribution is -0.142. The summed E-state index contributed by atoms with van der Waals surface area (Å²) in [5.74, 6) is -1.40. The van der Waals surface area contributed by atoms with Crippen LogP contribution in [0.5, 0.6) is 0 Å². The molecule has 2 N–H and O–H groups in total. The van der Waals surface area contributed by atoms with Gasteiger partial charge < -0.3 is 4.98 Å². The number of imidazole rings is 1. The number of rotatable bonds is 4. The van der Waals surface area contributed by atoms with Crippen LogP contribution < -0.4 is 11.2 Å². The normalized spacial score (nSPS) is 17.8. The van der Waals surface area contributed by atoms with E-state index in [1.54, 1.807) is 6.07 Å². The molecule has 0 bridgehead atoms. The van der Waals surface area contributed by atoms with E-state index in [4.69, 9.17) is 11.6 Å². The first kappa shape index (κ1) is 22.4. The molecule has 5 aromatic heterocycles. The quantitative estimate of drug-likeness (QED) is 0.351. The lowest BCUT2D eigenvalue weighted by Crippen LogP contribution is -2.23. The highest BCUT2D eigenvalue weighted by atomic mass is 35.5. The molecule has 36 heavy (non-hydrogen) atoms. The second kappa shape index (κ2) is 7.71. The molecule has 0 amide bonds. The zero-order valence-electron chi connectivity index (χ0n) is 17.8. The number of hydrogen-bond donors (Lipinski definition) is 2. The minimum atomic E-state index is -4.58. The van der Waals surface area contributed by atoms with Crippen molar-refractivity contribution in [3.63, 3.8) is 0 Å². The Kier molecular flexibility index (Phi) is 4.80. The smallest absolute Gasteiger partial charge is 0.313 e. The molecule has 0 unspecified atom stereocenters. The number of nitrogens with zero attached hydrogens (tertiary/aromatic N) is 6. The van der Waals surface area contributed by atoms with Crippen LogP contribution in [-0.4, -0.2) is 45.5 Å². The fraction of sp³-hybridized carbons (Fsp3) is 0.238. The maximum atomic E-state index is 14.1. The summed E-state index contributed by atoms with van der Waals surface area (Å²) in [4.78, 5) is 36.6. The van der Waals surface area contributed by atoms with Crippen LogP contribution in [0, 0.1) is 5.95 Å². The number of hydrogen-bond acceptors (Lipinski definition) is 6. The van der Waals surface area contributed by atoms with Crippen LogP contribution >= 0.6 is 11.6 Å². The van der Waals surface area contributed by atoms with Gasteiger partial charge in [-0.05, 0) is 36.0 Å². The van der Waals surface area contributed by atoms with Crippen molar-refractivity contribution in [3.05, 3.63) is 73.8 Å². The van der Waals surface area contributed by atoms with E-state index in [-0.39, 0.29) is 39.3 Å². The summed E-state index contributed by atoms with van der Waals surface area (Å²) in [6, 6.07) is 3.12. The van der Waals surface area contributed by atoms with Crippen molar-refractivity contribution < 1.29 is 17.6 Å². The highest BCUT2D eigenvalue weighted by molar-refractivity contribution is 6.29. The fourth-order valence-corrected chi connectivity index (χ4v) is 4.57. The van der Waals surface area contributed by atoms with Gasteiger partial charge in [0.05, 0.1) is 23.0 Å². The second-order valence-corrected chi connectivity index (χ2v) is 8.82. The number of pyridine rings is 1. The van der Waals surface area contributed by atoms with Crippen LogP contribution in [0.2, 0.25) is 5.15 Å². The first-order valence-corrected chi connectivity index (χ1v) is 10.9. The number of nitrogens with one attached hydrogen (secondary N) is 2. The average Bonchev–Trinajstić information content (AvgIpc) is 3.44. The topological polar surface area (TPSA) is 127 Å². The highest BCUT2D eigenvalue weighted by Crippen LogP contribution is 2.56. The van der Waals surface area contributed by atoms with Crippen LogP contribution in [0.1, 0.15) is 29.4 Å². The van der Waals surface area contributed by atoms with E-state index >= 15 is 0 Å². The first-order valence-electron chi connectivity index (χ1n) is 10.5. The van der Waals surface area contributed by atoms with E-state index < -0.39 is 29.9 Å². The fourth-order valence-electron chi connectivity index (χ4n) is 4.40. The molecular weight excluding hydrogens is 508 g/mol. The third-order valence-corrected chi connectivity index (χ3v) is 6.33. The largest absolute Gasteiger partial charge is 0.408 e. The van der Waals surface area contributed by atoms with Crippen LogP contribution in [0.3, 0.4) is 0 Å². The number of halogens is 5. The van der Waals surface area contributed by atoms with Gasteiger partial charge in [0, 0.05) is 18.0 Å². The van der Waals surface area contributed by atoms with Crippen molar-refractivity contribution in [2.75, 3.05) is 0 Å². The molecule has 0 aliphatic heterocycles. The number of aromatic amines is 2. The molecule has 0 spiro atoms. The molecule has 0 saturated heterocycles. The van der Waals surface area contributed by atoms with Gasteiger partial charge in [-0.3, -0.25) is 14.5 Å². The molecule has 1 aliphatic carbocycles. The van der Waals surface area contributed by atoms with Gasteiger partial charge in [0.15, 0.2) is 10.8 Å². The van der Waals surface area contributed by atoms with Gasteiger partial charge in [0.25, 0.3) is 11.5 Å². The standard InChI is InChI=1S/C21H13ClF4N8O2/c22-15-6-28-18-11(3-13(31-34(15)18)12-5-29-20(36)30-19(12)35)10-2-9(10)8-1-14-16(27-4-8)17(23)32-33(14)7-21(24,25)26/h1,3-6,9-10H,2,7H2,(H2,29,30,35,36)/t9-,10+/m1/s1. The third kappa shape index (κ3) is 3.73. The summed E-state index contributed by atoms with van der Waals surface area (Å²) in [7, 11) is 0. The molecule has 15 heteroatoms. The Labute approximate surface area is 201 Å². The van der Waals surface area contributed by atoms with E-state index in [1.807, 2.05) is 0 Å². The van der Waals surface area contributed by atoms with Gasteiger partial charge in [0.1, 0.15) is 12.1 Å². The number of alkyl halides is 3. The molecule has 5 aromatic rings. The van der Waals surface area contributed by atoms with Crippen LogP contribution in [0.25, 0.3) is 27.9 Å². The minimum Gasteiger partial charge on any atom is -0.313 e. The Morgan fingerprint density at radius 1 is 1.11 bits per heavy atom. The Bertz CT molecular complexity index is 1790. The molecule has 5 heterocycles. The summed E-state index contributed by atoms with van der Waals surface area (Å²) in [6.07, 6.45) is 0.0666. The zero-order chi connectivity index (χ0) is 25.4. The molecule has 1 aliphatic rings. The Morgan fingerprint density at radius 3 is 2.67 bits per heavy atom. The Balaban J connectivity index is 1.42. The number of fused-ring (bicyclic) bond motifs is 2. The predicted molar refractivity (Wildman–Crippen MR) is 118 cm³/mol. The maximum absolute atomic E-state index is 14.1. The monoisotopic (exact) mass is 520 g/mol. The third-order valence-electron chi connectivity index (χ3n) is 6.07. The predicted octanol–water partition coefficient (Wildman–Crippen LogP) is 3.14. The highest BCUT2D eigenvalue weighted by Gasteiger charge is 2.42. The van der Waals surface area contributed by atoms with Crippen molar-refractivity contribution in [1.82, 2.24) is 39.3 Å². The van der Waals surface area contributed by atoms with Crippen LogP contribution in [-0.2, 0) is 6.54 Å². The van der Waals surface area contributed by atoms with E-state index in [0.717, 1.165) is 0 Å². The lowest BCUT2D eigenvalue weighted by Gasteiger charge is -2.09. The summed E-state index contributed by atoms with van der Waals surface area (Å²) >= 11 is 6.23. The lowest BCUT2D eigenvalue weighted by atomic mass is 10.0. The molecule has 1 fully saturated rings. The second-order valence-electron chi connectivity index (χ2n) is 8.44. The maximum Gasteiger partial charge on any atom is 0.408 e. The van der Waals surface area contributed by atoms with Crippen molar-refractivity contribution in [2.45, 2.75) is 31.0 Å². The SMILES string of the molecule is O=c1[nH]cc(-c2cc([C@H]3C[C@@H]3c3cnc4c(F)nn(CC(F)(F)F)c4c3)c3ncc(Cl)n3n2)c(=O)[nH]1. The van der Waals surface area contributed by atoms with Gasteiger partial charge >= 0.3 is 11.9 Å². The van der Waals surface area contributed by atoms with E-state index in [2.05, 4.69) is 30.1 Å². The van der Waals surface area contributed by atoms with E-state index in [0.29, 0.717) is 27.9 Å². The molecule has 1 saturated carbocycles. The summed E-state index contributed by atoms with van der Waals surface area (Å²) < 4.78 is 54.8. The van der Waals surface area contributed by atoms with Crippen molar-refractivity contribution in [2.24, 2.45) is 0 Å². The first-order chi connectivity index (χ1) is 17.1. The average molecular weight is 521 g/mol. The van der Waals surface area contributed by atoms with Crippen LogP contribution in [0.4, 0.5) is 17.6 Å². The summed E-state index contributed by atoms with van der Waals surface area (Å²) in [5, 5.41) is 7.91. The zero-order valence-corrected chi connectivity index (χ0v) is 18.6. The van der Waals surface area contributed by atoms with E-state index in [1.165, 1.54) is 29.2 Å². The van der Waals surface area contributed by atoms with E-state index in [9.17, 15) is 27.2 Å². The van der Waals surface area contributed by atoms with Gasteiger partial charge in [-0.25, -0.2) is 19.3 Å². The Morgan fingerprint density at radius 2 is 1.92 bits per heavy atom. The summed E-state index contributed by atoms with van der Waals surface area (Å²) in [5.41, 5.74) is 0.465. The van der Waals surface area contributed by atoms with Crippen LogP contribution in [0.15, 0.2) is 40.3 Å². The molecule has 184 valence electrons. The molecule has 0 aromatic carbocycles. The van der Waals surface area contributed by atoms with Gasteiger partial charge in [-0.2, -0.15) is 22.7 Å². The summed E-state index contributed by atoms with van der Waals surface area (Å²) in [6.45, 7) is -1.44. The Hall–Kier alpha value is -4.07. The van der Waals surface area contributed by atoms with Crippen molar-refractivity contribution >= 4 is 28.3 Å². The van der Waals surface area contributed by atoms with Crippen molar-refractivity contribution in [3.8, 4) is 11.3 Å². The van der Waals surface area contributed by atoms with Gasteiger partial charge in [-0.1, -0.05) is 11.6 Å². The van der Waals surface area contributed by atoms with Crippen molar-refractivity contribution in [1.29, 1.82) is 0 Å². The molecule has 2 atom stereocenters. The molecule has 6 rings (SSSR count). The number of aromatic nitrogens is 8. The molecule has 0 radical (unpaired) electrons. The molecule has 10 nitrogen and oxygen atoms in total. The molecular formula is C21H13ClF4N8O2. The van der Waals surface area contributed by atoms with Gasteiger partial charge in [-0.15, -0.1) is 5.10 Å². The minimum absolute atomic E-state index is 0.0582. The number of H-pyrrole nitrogens is 2.